The van der Waals surface area contributed by atoms with Crippen molar-refractivity contribution >= 4 is 13.3 Å². The lowest BCUT2D eigenvalue weighted by Crippen LogP contribution is -2.39. The first kappa shape index (κ1) is 12.2. The van der Waals surface area contributed by atoms with Gasteiger partial charge in [-0.25, -0.2) is 0 Å². The summed E-state index contributed by atoms with van der Waals surface area (Å²) in [4.78, 5) is 0. The summed E-state index contributed by atoms with van der Waals surface area (Å²) in [5, 5.41) is 1.51. The van der Waals surface area contributed by atoms with Crippen LogP contribution in [0.3, 0.4) is 0 Å². The molecule has 1 rings (SSSR count). The van der Waals surface area contributed by atoms with Crippen molar-refractivity contribution in [2.24, 2.45) is 5.41 Å². The van der Waals surface area contributed by atoms with Crippen LogP contribution in [0, 0.1) is 5.41 Å². The van der Waals surface area contributed by atoms with Crippen molar-refractivity contribution in [3.05, 3.63) is 42.1 Å². The SMILES string of the molecule is CC(C)(C)/C=C/[Si](C)(C)c1ccccc1. The number of hydrogen-bond acceptors (Lipinski definition) is 0. The smallest absolute Gasteiger partial charge is 0.0938 e. The van der Waals surface area contributed by atoms with Crippen molar-refractivity contribution in [2.45, 2.75) is 33.9 Å². The van der Waals surface area contributed by atoms with Gasteiger partial charge in [0.2, 0.25) is 0 Å². The Balaban J connectivity index is 2.90. The Morgan fingerprint density at radius 2 is 1.53 bits per heavy atom. The fraction of sp³-hybridized carbons (Fsp3) is 0.429. The molecule has 0 radical (unpaired) electrons. The zero-order valence-electron chi connectivity index (χ0n) is 10.5. The lowest BCUT2D eigenvalue weighted by molar-refractivity contribution is 0.545. The van der Waals surface area contributed by atoms with Crippen molar-refractivity contribution in [1.29, 1.82) is 0 Å². The van der Waals surface area contributed by atoms with E-state index in [0.717, 1.165) is 0 Å². The molecule has 0 saturated carbocycles. The molecule has 0 N–H and O–H groups in total. The van der Waals surface area contributed by atoms with Crippen molar-refractivity contribution in [2.75, 3.05) is 0 Å². The van der Waals surface area contributed by atoms with Gasteiger partial charge in [-0.15, -0.1) is 0 Å². The summed E-state index contributed by atoms with van der Waals surface area (Å²) >= 11 is 0. The van der Waals surface area contributed by atoms with E-state index in [-0.39, 0.29) is 0 Å². The van der Waals surface area contributed by atoms with Crippen molar-refractivity contribution in [1.82, 2.24) is 0 Å². The zero-order valence-corrected chi connectivity index (χ0v) is 11.5. The quantitative estimate of drug-likeness (QED) is 0.663. The molecule has 0 aliphatic rings. The topological polar surface area (TPSA) is 0 Å². The second kappa shape index (κ2) is 4.36. The van der Waals surface area contributed by atoms with Crippen molar-refractivity contribution in [3.8, 4) is 0 Å². The fourth-order valence-corrected chi connectivity index (χ4v) is 3.58. The van der Waals surface area contributed by atoms with Gasteiger partial charge in [0.05, 0.1) is 0 Å². The summed E-state index contributed by atoms with van der Waals surface area (Å²) in [6, 6.07) is 10.9. The van der Waals surface area contributed by atoms with Crippen LogP contribution in [-0.4, -0.2) is 8.07 Å². The second-order valence-electron chi connectivity index (χ2n) is 5.79. The predicted molar refractivity (Wildman–Crippen MR) is 72.2 cm³/mol. The zero-order chi connectivity index (χ0) is 11.5. The van der Waals surface area contributed by atoms with Crippen LogP contribution in [-0.2, 0) is 0 Å². The summed E-state index contributed by atoms with van der Waals surface area (Å²) < 4.78 is 0. The van der Waals surface area contributed by atoms with Crippen LogP contribution >= 0.6 is 0 Å². The molecule has 0 nitrogen and oxygen atoms in total. The Kier molecular flexibility index (Phi) is 3.56. The number of hydrogen-bond donors (Lipinski definition) is 0. The van der Waals surface area contributed by atoms with Crippen LogP contribution in [0.1, 0.15) is 20.8 Å². The molecular formula is C14H22Si. The number of benzene rings is 1. The van der Waals surface area contributed by atoms with Gasteiger partial charge in [0, 0.05) is 0 Å². The molecule has 0 saturated heterocycles. The second-order valence-corrected chi connectivity index (χ2v) is 10.1. The van der Waals surface area contributed by atoms with Crippen LogP contribution in [0.15, 0.2) is 42.1 Å². The largest absolute Gasteiger partial charge is 0.103 e. The molecule has 0 fully saturated rings. The van der Waals surface area contributed by atoms with E-state index in [2.05, 4.69) is 76.0 Å². The molecule has 0 unspecified atom stereocenters. The molecule has 0 amide bonds. The molecule has 1 aromatic carbocycles. The van der Waals surface area contributed by atoms with Gasteiger partial charge in [0.15, 0.2) is 0 Å². The van der Waals surface area contributed by atoms with Gasteiger partial charge in [-0.05, 0) is 5.41 Å². The van der Waals surface area contributed by atoms with Gasteiger partial charge < -0.3 is 0 Å². The highest BCUT2D eigenvalue weighted by Gasteiger charge is 2.20. The summed E-state index contributed by atoms with van der Waals surface area (Å²) in [6.45, 7) is 11.5. The fourth-order valence-electron chi connectivity index (χ4n) is 1.42. The normalized spacial score (nSPS) is 13.4. The Bertz CT molecular complexity index is 328. The van der Waals surface area contributed by atoms with E-state index in [1.165, 1.54) is 5.19 Å². The number of allylic oxidation sites excluding steroid dienone is 1. The highest BCUT2D eigenvalue weighted by atomic mass is 28.3. The van der Waals surface area contributed by atoms with Crippen molar-refractivity contribution in [3.63, 3.8) is 0 Å². The first-order valence-corrected chi connectivity index (χ1v) is 8.65. The van der Waals surface area contributed by atoms with E-state index in [4.69, 9.17) is 0 Å². The monoisotopic (exact) mass is 218 g/mol. The molecule has 0 spiro atoms. The summed E-state index contributed by atoms with van der Waals surface area (Å²) in [6.07, 6.45) is 2.35. The molecule has 82 valence electrons. The third kappa shape index (κ3) is 4.04. The highest BCUT2D eigenvalue weighted by Crippen LogP contribution is 2.17. The molecule has 0 aliphatic heterocycles. The van der Waals surface area contributed by atoms with E-state index in [0.29, 0.717) is 5.41 Å². The van der Waals surface area contributed by atoms with E-state index in [1.54, 1.807) is 0 Å². The standard InChI is InChI=1S/C14H22Si/c1-14(2,3)11-12-15(4,5)13-9-7-6-8-10-13/h6-12H,1-5H3/b12-11+. The first-order valence-electron chi connectivity index (χ1n) is 5.57. The number of rotatable bonds is 2. The average Bonchev–Trinajstić information content (AvgIpc) is 2.16. The van der Waals surface area contributed by atoms with Crippen LogP contribution in [0.25, 0.3) is 0 Å². The van der Waals surface area contributed by atoms with Gasteiger partial charge in [-0.1, -0.05) is 81.2 Å². The molecule has 1 heteroatoms. The minimum atomic E-state index is -1.37. The third-order valence-electron chi connectivity index (χ3n) is 2.52. The van der Waals surface area contributed by atoms with Crippen LogP contribution in [0.2, 0.25) is 13.1 Å². The molecule has 0 atom stereocenters. The molecular weight excluding hydrogens is 196 g/mol. The maximum Gasteiger partial charge on any atom is 0.103 e. The molecule has 0 aliphatic carbocycles. The maximum atomic E-state index is 2.45. The Hall–Kier alpha value is -0.823. The molecule has 0 aromatic heterocycles. The Morgan fingerprint density at radius 1 is 1.00 bits per heavy atom. The van der Waals surface area contributed by atoms with E-state index in [9.17, 15) is 0 Å². The van der Waals surface area contributed by atoms with Crippen LogP contribution in [0.4, 0.5) is 0 Å². The van der Waals surface area contributed by atoms with Gasteiger partial charge >= 0.3 is 0 Å². The Morgan fingerprint density at radius 3 is 2.00 bits per heavy atom. The lowest BCUT2D eigenvalue weighted by atomic mass is 9.98. The first-order chi connectivity index (χ1) is 6.81. The Labute approximate surface area is 95.0 Å². The molecule has 0 bridgehead atoms. The minimum absolute atomic E-state index is 0.291. The van der Waals surface area contributed by atoms with Crippen LogP contribution in [0.5, 0.6) is 0 Å². The van der Waals surface area contributed by atoms with Gasteiger partial charge in [0.1, 0.15) is 8.07 Å². The van der Waals surface area contributed by atoms with Gasteiger partial charge in [-0.3, -0.25) is 0 Å². The summed E-state index contributed by atoms with van der Waals surface area (Å²) in [7, 11) is -1.37. The minimum Gasteiger partial charge on any atom is -0.0938 e. The summed E-state index contributed by atoms with van der Waals surface area (Å²) in [5.74, 6) is 0. The maximum absolute atomic E-state index is 2.45. The van der Waals surface area contributed by atoms with E-state index >= 15 is 0 Å². The van der Waals surface area contributed by atoms with Gasteiger partial charge in [-0.2, -0.15) is 0 Å². The molecule has 0 heterocycles. The lowest BCUT2D eigenvalue weighted by Gasteiger charge is -2.21. The average molecular weight is 218 g/mol. The van der Waals surface area contributed by atoms with E-state index in [1.807, 2.05) is 0 Å². The summed E-state index contributed by atoms with van der Waals surface area (Å²) in [5.41, 5.74) is 2.74. The highest BCUT2D eigenvalue weighted by molar-refractivity contribution is 6.93. The molecule has 1 aromatic rings. The van der Waals surface area contributed by atoms with E-state index < -0.39 is 8.07 Å². The van der Waals surface area contributed by atoms with Crippen molar-refractivity contribution < 1.29 is 0 Å². The third-order valence-corrected chi connectivity index (χ3v) is 5.34. The molecule has 15 heavy (non-hydrogen) atoms. The predicted octanol–water partition coefficient (Wildman–Crippen LogP) is 3.74. The van der Waals surface area contributed by atoms with Gasteiger partial charge in [0.25, 0.3) is 0 Å². The van der Waals surface area contributed by atoms with Crippen LogP contribution < -0.4 is 5.19 Å².